The number of rotatable bonds is 3. The Hall–Kier alpha value is -0.830. The fourth-order valence-corrected chi connectivity index (χ4v) is 3.23. The maximum absolute atomic E-state index is 11.1. The Morgan fingerprint density at radius 2 is 2.12 bits per heavy atom. The van der Waals surface area contributed by atoms with Gasteiger partial charge in [0.05, 0.1) is 19.1 Å². The summed E-state index contributed by atoms with van der Waals surface area (Å²) < 4.78 is 5.21. The number of carbonyl (C=O) groups excluding carboxylic acids is 1. The number of hydrogen-bond donors (Lipinski definition) is 1. The van der Waals surface area contributed by atoms with E-state index in [1.54, 1.807) is 4.90 Å². The fraction of sp³-hybridized carbons (Fsp3) is 0.769. The van der Waals surface area contributed by atoms with Crippen LogP contribution in [0.25, 0.3) is 0 Å². The molecule has 0 bridgehead atoms. The number of esters is 1. The molecule has 2 aliphatic rings. The molecule has 0 radical (unpaired) electrons. The van der Waals surface area contributed by atoms with E-state index in [1.165, 1.54) is 51.3 Å². The van der Waals surface area contributed by atoms with Crippen LogP contribution < -0.4 is 4.90 Å². The maximum atomic E-state index is 11.1. The number of nitrogens with one attached hydrogen (secondary N) is 1. The van der Waals surface area contributed by atoms with Crippen LogP contribution in [0.2, 0.25) is 0 Å². The third kappa shape index (κ3) is 2.64. The molecule has 2 aliphatic heterocycles. The van der Waals surface area contributed by atoms with Gasteiger partial charge in [-0.15, -0.1) is 0 Å². The number of carbonyl (C=O) groups is 1. The van der Waals surface area contributed by atoms with Crippen LogP contribution in [-0.2, 0) is 9.53 Å². The Morgan fingerprint density at radius 3 is 2.94 bits per heavy atom. The zero-order valence-corrected chi connectivity index (χ0v) is 9.91. The zero-order chi connectivity index (χ0) is 11.4. The van der Waals surface area contributed by atoms with Crippen molar-refractivity contribution in [2.75, 3.05) is 19.7 Å². The molecule has 0 saturated carbocycles. The highest BCUT2D eigenvalue weighted by molar-refractivity contribution is 5.81. The van der Waals surface area contributed by atoms with E-state index in [4.69, 9.17) is 4.74 Å². The smallest absolute Gasteiger partial charge is 0.330 e. The Balaban J connectivity index is 1.87. The number of hydrogen-bond acceptors (Lipinski definition) is 2. The normalized spacial score (nSPS) is 33.9. The van der Waals surface area contributed by atoms with Crippen molar-refractivity contribution in [2.24, 2.45) is 5.92 Å². The molecule has 3 nitrogen and oxygen atoms in total. The quantitative estimate of drug-likeness (QED) is 0.561. The lowest BCUT2D eigenvalue weighted by molar-refractivity contribution is -0.940. The van der Waals surface area contributed by atoms with E-state index >= 15 is 0 Å². The molecule has 2 rings (SSSR count). The molecule has 2 saturated heterocycles. The van der Waals surface area contributed by atoms with Gasteiger partial charge in [-0.25, -0.2) is 4.79 Å². The Morgan fingerprint density at radius 1 is 1.31 bits per heavy atom. The summed E-state index contributed by atoms with van der Waals surface area (Å²) in [6.45, 7) is 6.65. The lowest BCUT2D eigenvalue weighted by Gasteiger charge is -2.40. The van der Waals surface area contributed by atoms with Crippen molar-refractivity contribution in [1.29, 1.82) is 0 Å². The van der Waals surface area contributed by atoms with Crippen LogP contribution in [0, 0.1) is 5.92 Å². The highest BCUT2D eigenvalue weighted by atomic mass is 16.5. The van der Waals surface area contributed by atoms with E-state index in [0.717, 1.165) is 6.04 Å². The summed E-state index contributed by atoms with van der Waals surface area (Å²) in [5.41, 5.74) is 0. The minimum atomic E-state index is -0.275. The molecule has 0 spiro atoms. The molecule has 3 heteroatoms. The highest BCUT2D eigenvalue weighted by Gasteiger charge is 2.36. The average molecular weight is 224 g/mol. The molecule has 0 aromatic rings. The van der Waals surface area contributed by atoms with Crippen LogP contribution in [0.15, 0.2) is 12.7 Å². The SMILES string of the molecule is C=CC(=O)OC[C@@H]1CCC[NH+]2CCCC[C@H]12. The van der Waals surface area contributed by atoms with Gasteiger partial charge >= 0.3 is 5.97 Å². The van der Waals surface area contributed by atoms with Crippen molar-refractivity contribution in [2.45, 2.75) is 38.1 Å². The Labute approximate surface area is 97.5 Å². The first kappa shape index (κ1) is 11.6. The second-order valence-electron chi connectivity index (χ2n) is 5.00. The van der Waals surface area contributed by atoms with Crippen molar-refractivity contribution >= 4 is 5.97 Å². The largest absolute Gasteiger partial charge is 0.462 e. The first-order valence-corrected chi connectivity index (χ1v) is 6.45. The first-order chi connectivity index (χ1) is 7.81. The lowest BCUT2D eigenvalue weighted by atomic mass is 9.84. The van der Waals surface area contributed by atoms with Crippen molar-refractivity contribution in [3.8, 4) is 0 Å². The minimum Gasteiger partial charge on any atom is -0.462 e. The second kappa shape index (κ2) is 5.48. The minimum absolute atomic E-state index is 0.275. The summed E-state index contributed by atoms with van der Waals surface area (Å²) in [6, 6.07) is 0.736. The van der Waals surface area contributed by atoms with Crippen molar-refractivity contribution in [1.82, 2.24) is 0 Å². The van der Waals surface area contributed by atoms with Crippen LogP contribution in [0.1, 0.15) is 32.1 Å². The van der Waals surface area contributed by atoms with Crippen LogP contribution in [-0.4, -0.2) is 31.7 Å². The summed E-state index contributed by atoms with van der Waals surface area (Å²) >= 11 is 0. The van der Waals surface area contributed by atoms with E-state index in [2.05, 4.69) is 6.58 Å². The molecular weight excluding hydrogens is 202 g/mol. The number of ether oxygens (including phenoxy) is 1. The maximum Gasteiger partial charge on any atom is 0.330 e. The molecular formula is C13H22NO2+. The van der Waals surface area contributed by atoms with Gasteiger partial charge in [0.2, 0.25) is 0 Å². The number of fused-ring (bicyclic) bond motifs is 1. The molecule has 0 amide bonds. The predicted molar refractivity (Wildman–Crippen MR) is 62.2 cm³/mol. The first-order valence-electron chi connectivity index (χ1n) is 6.45. The van der Waals surface area contributed by atoms with E-state index < -0.39 is 0 Å². The molecule has 16 heavy (non-hydrogen) atoms. The lowest BCUT2D eigenvalue weighted by Crippen LogP contribution is -3.18. The van der Waals surface area contributed by atoms with Gasteiger partial charge in [-0.3, -0.25) is 0 Å². The van der Waals surface area contributed by atoms with Crippen molar-refractivity contribution < 1.29 is 14.4 Å². The van der Waals surface area contributed by atoms with Gasteiger partial charge in [0, 0.05) is 12.0 Å². The van der Waals surface area contributed by atoms with Crippen LogP contribution in [0.3, 0.4) is 0 Å². The van der Waals surface area contributed by atoms with Gasteiger partial charge in [0.25, 0.3) is 0 Å². The summed E-state index contributed by atoms with van der Waals surface area (Å²) in [5.74, 6) is 0.302. The summed E-state index contributed by atoms with van der Waals surface area (Å²) in [5, 5.41) is 0. The molecule has 2 fully saturated rings. The van der Waals surface area contributed by atoms with Gasteiger partial charge in [0.15, 0.2) is 0 Å². The fourth-order valence-electron chi connectivity index (χ4n) is 3.23. The molecule has 0 aromatic carbocycles. The van der Waals surface area contributed by atoms with Crippen molar-refractivity contribution in [3.05, 3.63) is 12.7 Å². The monoisotopic (exact) mass is 224 g/mol. The molecule has 3 atom stereocenters. The zero-order valence-electron chi connectivity index (χ0n) is 9.91. The van der Waals surface area contributed by atoms with Crippen LogP contribution >= 0.6 is 0 Å². The van der Waals surface area contributed by atoms with Gasteiger partial charge in [-0.2, -0.15) is 0 Å². The third-order valence-corrected chi connectivity index (χ3v) is 4.04. The van der Waals surface area contributed by atoms with Crippen LogP contribution in [0.4, 0.5) is 0 Å². The molecule has 0 aliphatic carbocycles. The van der Waals surface area contributed by atoms with Gasteiger partial charge < -0.3 is 9.64 Å². The standard InChI is InChI=1S/C13H21NO2/c1-2-13(15)16-10-11-6-5-9-14-8-4-3-7-12(11)14/h2,11-12H,1,3-10H2/p+1/t11-,12+/m0/s1. The van der Waals surface area contributed by atoms with E-state index in [-0.39, 0.29) is 5.97 Å². The molecule has 1 N–H and O–H groups in total. The highest BCUT2D eigenvalue weighted by Crippen LogP contribution is 2.20. The molecule has 0 aromatic heterocycles. The van der Waals surface area contributed by atoms with Gasteiger partial charge in [-0.05, 0) is 32.1 Å². The average Bonchev–Trinajstić information content (AvgIpc) is 2.35. The molecule has 1 unspecified atom stereocenters. The van der Waals surface area contributed by atoms with Crippen molar-refractivity contribution in [3.63, 3.8) is 0 Å². The molecule has 2 heterocycles. The Kier molecular flexibility index (Phi) is 3.99. The Bertz CT molecular complexity index is 263. The van der Waals surface area contributed by atoms with Crippen LogP contribution in [0.5, 0.6) is 0 Å². The third-order valence-electron chi connectivity index (χ3n) is 4.04. The van der Waals surface area contributed by atoms with E-state index in [9.17, 15) is 4.79 Å². The second-order valence-corrected chi connectivity index (χ2v) is 5.00. The summed E-state index contributed by atoms with van der Waals surface area (Å²) in [4.78, 5) is 12.8. The van der Waals surface area contributed by atoms with Gasteiger partial charge in [0.1, 0.15) is 6.61 Å². The van der Waals surface area contributed by atoms with E-state index in [1.807, 2.05) is 0 Å². The molecule has 90 valence electrons. The van der Waals surface area contributed by atoms with E-state index in [0.29, 0.717) is 12.5 Å². The summed E-state index contributed by atoms with van der Waals surface area (Å²) in [7, 11) is 0. The summed E-state index contributed by atoms with van der Waals surface area (Å²) in [6.07, 6.45) is 7.78. The topological polar surface area (TPSA) is 30.7 Å². The number of piperidine rings is 2. The number of quaternary nitrogens is 1. The van der Waals surface area contributed by atoms with Gasteiger partial charge in [-0.1, -0.05) is 6.58 Å². The predicted octanol–water partition coefficient (Wildman–Crippen LogP) is 0.563.